The summed E-state index contributed by atoms with van der Waals surface area (Å²) in [7, 11) is 0. The summed E-state index contributed by atoms with van der Waals surface area (Å²) < 4.78 is 11.4. The highest BCUT2D eigenvalue weighted by Gasteiger charge is 2.72. The molecule has 1 aliphatic carbocycles. The van der Waals surface area contributed by atoms with Gasteiger partial charge in [0.2, 0.25) is 5.91 Å². The molecule has 1 amide bonds. The standard InChI is InChI=1S/C15H26N2O3/c1-9-8-20-10(2)7-17(9)13(18)15(16)11-5-6-19-12(11)14(15,3)4/h9-12H,5-8,16H2,1-4H3. The van der Waals surface area contributed by atoms with Gasteiger partial charge in [-0.25, -0.2) is 0 Å². The molecule has 3 fully saturated rings. The van der Waals surface area contributed by atoms with Crippen LogP contribution in [-0.4, -0.2) is 54.4 Å². The van der Waals surface area contributed by atoms with Gasteiger partial charge in [-0.05, 0) is 20.3 Å². The molecule has 20 heavy (non-hydrogen) atoms. The van der Waals surface area contributed by atoms with Gasteiger partial charge >= 0.3 is 0 Å². The first kappa shape index (κ1) is 14.3. The van der Waals surface area contributed by atoms with Crippen molar-refractivity contribution in [2.45, 2.75) is 57.9 Å². The molecule has 0 spiro atoms. The highest BCUT2D eigenvalue weighted by atomic mass is 16.5. The fourth-order valence-corrected chi connectivity index (χ4v) is 4.24. The number of morpholine rings is 1. The predicted molar refractivity (Wildman–Crippen MR) is 75.1 cm³/mol. The molecular formula is C15H26N2O3. The average Bonchev–Trinajstić information content (AvgIpc) is 2.88. The number of ether oxygens (including phenoxy) is 2. The summed E-state index contributed by atoms with van der Waals surface area (Å²) in [5, 5.41) is 0. The summed E-state index contributed by atoms with van der Waals surface area (Å²) in [4.78, 5) is 15.0. The number of fused-ring (bicyclic) bond motifs is 1. The van der Waals surface area contributed by atoms with Crippen LogP contribution in [0, 0.1) is 11.3 Å². The first-order valence-electron chi connectivity index (χ1n) is 7.63. The van der Waals surface area contributed by atoms with Gasteiger partial charge < -0.3 is 20.1 Å². The molecule has 0 aromatic rings. The minimum Gasteiger partial charge on any atom is -0.377 e. The van der Waals surface area contributed by atoms with Crippen molar-refractivity contribution < 1.29 is 14.3 Å². The van der Waals surface area contributed by atoms with Crippen molar-refractivity contribution in [3.8, 4) is 0 Å². The van der Waals surface area contributed by atoms with E-state index in [4.69, 9.17) is 15.2 Å². The number of nitrogens with two attached hydrogens (primary N) is 1. The molecule has 0 aromatic heterocycles. The van der Waals surface area contributed by atoms with Crippen LogP contribution in [0.25, 0.3) is 0 Å². The van der Waals surface area contributed by atoms with Crippen LogP contribution in [0.4, 0.5) is 0 Å². The van der Waals surface area contributed by atoms with Gasteiger partial charge in [-0.15, -0.1) is 0 Å². The molecule has 2 heterocycles. The molecule has 2 aliphatic heterocycles. The van der Waals surface area contributed by atoms with Crippen LogP contribution in [0.5, 0.6) is 0 Å². The van der Waals surface area contributed by atoms with Gasteiger partial charge in [0.1, 0.15) is 5.54 Å². The maximum absolute atomic E-state index is 13.1. The van der Waals surface area contributed by atoms with Gasteiger partial charge in [0.05, 0.1) is 24.9 Å². The zero-order valence-corrected chi connectivity index (χ0v) is 12.9. The van der Waals surface area contributed by atoms with Gasteiger partial charge in [0, 0.05) is 24.5 Å². The summed E-state index contributed by atoms with van der Waals surface area (Å²) in [6.45, 7) is 10.1. The molecule has 0 bridgehead atoms. The van der Waals surface area contributed by atoms with Crippen LogP contribution in [0.15, 0.2) is 0 Å². The maximum Gasteiger partial charge on any atom is 0.244 e. The van der Waals surface area contributed by atoms with E-state index >= 15 is 0 Å². The quantitative estimate of drug-likeness (QED) is 0.771. The molecule has 3 rings (SSSR count). The van der Waals surface area contributed by atoms with Crippen LogP contribution in [-0.2, 0) is 14.3 Å². The third-order valence-electron chi connectivity index (χ3n) is 5.68. The van der Waals surface area contributed by atoms with Crippen LogP contribution in [0.3, 0.4) is 0 Å². The second-order valence-electron chi connectivity index (χ2n) is 7.23. The highest BCUT2D eigenvalue weighted by Crippen LogP contribution is 2.58. The Kier molecular flexibility index (Phi) is 3.16. The lowest BCUT2D eigenvalue weighted by Gasteiger charge is -2.62. The van der Waals surface area contributed by atoms with E-state index in [0.717, 1.165) is 13.0 Å². The van der Waals surface area contributed by atoms with E-state index in [1.807, 2.05) is 18.7 Å². The van der Waals surface area contributed by atoms with Crippen LogP contribution in [0.1, 0.15) is 34.1 Å². The summed E-state index contributed by atoms with van der Waals surface area (Å²) in [6, 6.07) is 0.0938. The SMILES string of the molecule is CC1CN(C(=O)C2(N)C3CCOC3C2(C)C)C(C)CO1. The summed E-state index contributed by atoms with van der Waals surface area (Å²) in [5.41, 5.74) is 5.54. The van der Waals surface area contributed by atoms with Crippen molar-refractivity contribution in [1.29, 1.82) is 0 Å². The Morgan fingerprint density at radius 1 is 1.30 bits per heavy atom. The molecule has 5 atom stereocenters. The smallest absolute Gasteiger partial charge is 0.244 e. The normalized spacial score (nSPS) is 46.8. The van der Waals surface area contributed by atoms with Crippen molar-refractivity contribution >= 4 is 5.91 Å². The third-order valence-corrected chi connectivity index (χ3v) is 5.68. The predicted octanol–water partition coefficient (Wildman–Crippen LogP) is 0.765. The minimum absolute atomic E-state index is 0.0805. The Balaban J connectivity index is 1.86. The van der Waals surface area contributed by atoms with Gasteiger partial charge in [0.25, 0.3) is 0 Å². The Labute approximate surface area is 120 Å². The zero-order chi connectivity index (χ0) is 14.7. The molecule has 2 N–H and O–H groups in total. The first-order chi connectivity index (χ1) is 9.30. The van der Waals surface area contributed by atoms with Gasteiger partial charge in [-0.3, -0.25) is 4.79 Å². The molecule has 2 saturated heterocycles. The third kappa shape index (κ3) is 1.63. The molecule has 0 aromatic carbocycles. The Morgan fingerprint density at radius 3 is 2.70 bits per heavy atom. The Bertz CT molecular complexity index is 425. The lowest BCUT2D eigenvalue weighted by atomic mass is 9.47. The van der Waals surface area contributed by atoms with E-state index in [1.165, 1.54) is 0 Å². The Hall–Kier alpha value is -0.650. The molecule has 114 valence electrons. The molecule has 5 unspecified atom stereocenters. The van der Waals surface area contributed by atoms with E-state index < -0.39 is 5.54 Å². The fraction of sp³-hybridized carbons (Fsp3) is 0.933. The van der Waals surface area contributed by atoms with Gasteiger partial charge in [0.15, 0.2) is 0 Å². The molecule has 5 heteroatoms. The van der Waals surface area contributed by atoms with Crippen LogP contribution in [0.2, 0.25) is 0 Å². The molecule has 3 aliphatic rings. The van der Waals surface area contributed by atoms with Crippen molar-refractivity contribution in [2.24, 2.45) is 17.1 Å². The second kappa shape index (κ2) is 4.42. The van der Waals surface area contributed by atoms with Gasteiger partial charge in [-0.1, -0.05) is 13.8 Å². The van der Waals surface area contributed by atoms with E-state index in [1.54, 1.807) is 0 Å². The number of rotatable bonds is 1. The van der Waals surface area contributed by atoms with E-state index in [0.29, 0.717) is 13.2 Å². The Morgan fingerprint density at radius 2 is 2.00 bits per heavy atom. The number of hydrogen-bond donors (Lipinski definition) is 1. The van der Waals surface area contributed by atoms with E-state index in [-0.39, 0.29) is 35.5 Å². The molecule has 5 nitrogen and oxygen atoms in total. The van der Waals surface area contributed by atoms with Crippen molar-refractivity contribution in [2.75, 3.05) is 19.8 Å². The van der Waals surface area contributed by atoms with Crippen LogP contribution >= 0.6 is 0 Å². The lowest BCUT2D eigenvalue weighted by molar-refractivity contribution is -0.191. The topological polar surface area (TPSA) is 64.8 Å². The molecule has 1 saturated carbocycles. The zero-order valence-electron chi connectivity index (χ0n) is 12.9. The number of hydrogen-bond acceptors (Lipinski definition) is 4. The number of carbonyl (C=O) groups excluding carboxylic acids is 1. The summed E-state index contributed by atoms with van der Waals surface area (Å²) in [5.74, 6) is 0.243. The first-order valence-corrected chi connectivity index (χ1v) is 7.63. The van der Waals surface area contributed by atoms with Crippen molar-refractivity contribution in [1.82, 2.24) is 4.90 Å². The minimum atomic E-state index is -0.792. The van der Waals surface area contributed by atoms with Crippen LogP contribution < -0.4 is 5.73 Å². The van der Waals surface area contributed by atoms with Crippen molar-refractivity contribution in [3.05, 3.63) is 0 Å². The number of amides is 1. The fourth-order valence-electron chi connectivity index (χ4n) is 4.24. The van der Waals surface area contributed by atoms with E-state index in [2.05, 4.69) is 13.8 Å². The largest absolute Gasteiger partial charge is 0.377 e. The lowest BCUT2D eigenvalue weighted by Crippen LogP contribution is -2.81. The van der Waals surface area contributed by atoms with Crippen molar-refractivity contribution in [3.63, 3.8) is 0 Å². The summed E-state index contributed by atoms with van der Waals surface area (Å²) >= 11 is 0. The molecular weight excluding hydrogens is 256 g/mol. The highest BCUT2D eigenvalue weighted by molar-refractivity contribution is 5.90. The monoisotopic (exact) mass is 282 g/mol. The second-order valence-corrected chi connectivity index (χ2v) is 7.23. The van der Waals surface area contributed by atoms with E-state index in [9.17, 15) is 4.79 Å². The molecule has 0 radical (unpaired) electrons. The number of nitrogens with zero attached hydrogens (tertiary/aromatic N) is 1. The van der Waals surface area contributed by atoms with Gasteiger partial charge in [-0.2, -0.15) is 0 Å². The summed E-state index contributed by atoms with van der Waals surface area (Å²) in [6.07, 6.45) is 1.10. The number of carbonyl (C=O) groups is 1. The average molecular weight is 282 g/mol. The maximum atomic E-state index is 13.1.